The summed E-state index contributed by atoms with van der Waals surface area (Å²) in [6, 6.07) is 62.7. The van der Waals surface area contributed by atoms with E-state index in [-0.39, 0.29) is 83.8 Å². The predicted octanol–water partition coefficient (Wildman–Crippen LogP) is 13.4. The zero-order chi connectivity index (χ0) is 96.5. The molecule has 13 heterocycles. The Labute approximate surface area is 793 Å². The summed E-state index contributed by atoms with van der Waals surface area (Å²) in [5, 5.41) is 40.5. The molecule has 5 atom stereocenters. The molecule has 1 aliphatic heterocycles. The smallest absolute Gasteiger partial charge is 0.311 e. The maximum Gasteiger partial charge on any atom is 0.311 e. The molecule has 6 N–H and O–H groups in total. The van der Waals surface area contributed by atoms with Crippen LogP contribution in [0.4, 0.5) is 11.8 Å². The Bertz CT molecular complexity index is 7470. The summed E-state index contributed by atoms with van der Waals surface area (Å²) in [6.45, 7) is 21.8. The number of aryl methyl sites for hydroxylation is 5. The maximum absolute atomic E-state index is 13.2. The Morgan fingerprint density at radius 2 is 1.25 bits per heavy atom. The number of fused-ring (bicyclic) bond motifs is 11. The summed E-state index contributed by atoms with van der Waals surface area (Å²) in [5.41, 5.74) is 13.0. The van der Waals surface area contributed by atoms with E-state index in [1.54, 1.807) is 9.03 Å². The summed E-state index contributed by atoms with van der Waals surface area (Å²) in [6.07, 6.45) is 12.5. The van der Waals surface area contributed by atoms with Gasteiger partial charge in [0.1, 0.15) is 43.8 Å². The summed E-state index contributed by atoms with van der Waals surface area (Å²) in [5.74, 6) is 5.22. The maximum atomic E-state index is 13.2. The fraction of sp³-hybridized carbons (Fsp3) is 0.337. The number of rotatable bonds is 26. The van der Waals surface area contributed by atoms with E-state index in [9.17, 15) is 33.9 Å². The number of aliphatic hydroxyl groups is 1. The van der Waals surface area contributed by atoms with Crippen LogP contribution in [0, 0.1) is 25.2 Å². The van der Waals surface area contributed by atoms with Crippen molar-refractivity contribution in [2.45, 2.75) is 164 Å². The zero-order valence-corrected chi connectivity index (χ0v) is 78.9. The summed E-state index contributed by atoms with van der Waals surface area (Å²) < 4.78 is 21.9. The third kappa shape index (κ3) is 22.2. The highest BCUT2D eigenvalue weighted by Crippen LogP contribution is 2.40. The Kier molecular flexibility index (Phi) is 30.2. The summed E-state index contributed by atoms with van der Waals surface area (Å²) in [7, 11) is 2.10. The molecule has 6 aromatic carbocycles. The van der Waals surface area contributed by atoms with Crippen molar-refractivity contribution >= 4 is 86.0 Å². The first-order valence-corrected chi connectivity index (χ1v) is 46.7. The molecule has 5 unspecified atom stereocenters. The van der Waals surface area contributed by atoms with E-state index < -0.39 is 17.6 Å². The van der Waals surface area contributed by atoms with Gasteiger partial charge in [-0.25, -0.2) is 49.1 Å². The number of para-hydroxylation sites is 2. The number of esters is 2. The lowest BCUT2D eigenvalue weighted by molar-refractivity contribution is -0.160. The number of aliphatic hydroxyl groups excluding tert-OH is 1. The Morgan fingerprint density at radius 1 is 0.616 bits per heavy atom. The highest BCUT2D eigenvalue weighted by atomic mass is 16.6. The van der Waals surface area contributed by atoms with Gasteiger partial charge in [-0.1, -0.05) is 179 Å². The second kappa shape index (κ2) is 43.7. The van der Waals surface area contributed by atoms with Gasteiger partial charge >= 0.3 is 11.9 Å². The topological polar surface area (TPSA) is 441 Å². The molecule has 37 heteroatoms. The Balaban J connectivity index is 0.000000125. The van der Waals surface area contributed by atoms with Gasteiger partial charge in [0, 0.05) is 118 Å². The van der Waals surface area contributed by atoms with Gasteiger partial charge in [-0.2, -0.15) is 48.2 Å². The molecule has 710 valence electrons. The molecular weight excluding hydrogens is 1750 g/mol. The number of ether oxygens (including phenoxy) is 2. The highest BCUT2D eigenvalue weighted by Gasteiger charge is 2.38. The molecule has 37 nitrogen and oxygen atoms in total. The van der Waals surface area contributed by atoms with Crippen molar-refractivity contribution in [3.63, 3.8) is 0 Å². The van der Waals surface area contributed by atoms with Crippen LogP contribution in [-0.2, 0) is 62.4 Å². The van der Waals surface area contributed by atoms with Crippen molar-refractivity contribution in [1.29, 1.82) is 0 Å². The van der Waals surface area contributed by atoms with Gasteiger partial charge in [0.2, 0.25) is 11.9 Å². The van der Waals surface area contributed by atoms with Gasteiger partial charge < -0.3 is 34.7 Å². The van der Waals surface area contributed by atoms with Crippen molar-refractivity contribution in [3.8, 4) is 33.8 Å². The number of hydrogen-bond acceptors (Lipinski definition) is 26. The molecule has 21 rings (SSSR count). The lowest BCUT2D eigenvalue weighted by Gasteiger charge is -2.30. The van der Waals surface area contributed by atoms with Gasteiger partial charge in [-0.05, 0) is 147 Å². The molecular formula is C101H112N28O9. The number of aliphatic imine (C=N–C) groups is 1. The number of carbonyl (C=O) groups is 3. The second-order valence-electron chi connectivity index (χ2n) is 34.6. The fourth-order valence-electron chi connectivity index (χ4n) is 17.1. The molecule has 3 aliphatic rings. The first-order valence-electron chi connectivity index (χ1n) is 46.7. The first kappa shape index (κ1) is 95.4. The quantitative estimate of drug-likeness (QED) is 0.0217. The zero-order valence-electron chi connectivity index (χ0n) is 78.9. The number of anilines is 1. The van der Waals surface area contributed by atoms with Crippen LogP contribution >= 0.6 is 0 Å². The minimum absolute atomic E-state index is 0.0357. The van der Waals surface area contributed by atoms with Crippen molar-refractivity contribution in [1.82, 2.24) is 127 Å². The van der Waals surface area contributed by atoms with Crippen LogP contribution in [0.5, 0.6) is 0 Å². The number of aromatic nitrogens is 24. The number of benzene rings is 6. The van der Waals surface area contributed by atoms with Crippen LogP contribution in [-0.4, -0.2) is 197 Å². The van der Waals surface area contributed by atoms with Crippen molar-refractivity contribution in [3.05, 3.63) is 289 Å². The number of aromatic amines is 3. The lowest BCUT2D eigenvalue weighted by atomic mass is 9.81. The highest BCUT2D eigenvalue weighted by molar-refractivity contribution is 6.08. The van der Waals surface area contributed by atoms with Crippen LogP contribution < -0.4 is 27.3 Å². The fourth-order valence-corrected chi connectivity index (χ4v) is 17.1. The summed E-state index contributed by atoms with van der Waals surface area (Å²) >= 11 is 0. The standard InChI is InChI=1S/C29H31N5O5.C24H18N4.C18H20N8O2.C11H18N6.C10H14.C9H11N5O2/c1-4-29(3,17-19(2)33-23-11-7-5-9-21(23)22-10-6-8-12-24(22)33)27(37)39-14-13-38-26(36)16-20-15-25(35)34-28(32-20)30-18-31-34;1-17-16-22(20-10-6-3-7-11-20)25-24-26-23(27-28(17)24)21-14-12-19(13-15-21)18-8-4-2-5-9-18;27-15-9-3-1-5-11(9)19-17-21-13(23-25(15)17)7-8-14-22-18-20-12-6-2-4-10(12)16(28)26(18)24-14;1-4-16(3)6-5-12-10-7-9(2)15-11-13-8-14-17(10)11;1-3-9(2)10-7-5-4-6-8-10;1-2-10-7(15)3-6-4-8(16)14-9(13-6)11-5-12-14/h5-12,15,18-19H,4,13-14,16-17H2,1-3H3,(H,30,31,32);2-16H,1H3;9,15,27H,1-8H2,(H,20,22,24);7-8,12H,4-6H2,1-3H3;4-9H,3H2,1-2H3;4-5H,2-3H2,1H3,(H,10,15)(H,11,12,13). The number of hydrogen-bond donors (Lipinski definition) is 6. The van der Waals surface area contributed by atoms with Crippen LogP contribution in [0.15, 0.2) is 226 Å². The molecule has 0 saturated heterocycles. The molecule has 138 heavy (non-hydrogen) atoms. The van der Waals surface area contributed by atoms with E-state index in [2.05, 4.69) is 243 Å². The molecule has 1 fully saturated rings. The molecule has 0 spiro atoms. The van der Waals surface area contributed by atoms with Gasteiger partial charge in [-0.15, -0.1) is 5.10 Å². The first-order chi connectivity index (χ1) is 67.0. The Morgan fingerprint density at radius 3 is 1.92 bits per heavy atom. The van der Waals surface area contributed by atoms with Crippen molar-refractivity contribution in [2.75, 3.05) is 51.8 Å². The normalized spacial score (nSPS) is 14.4. The van der Waals surface area contributed by atoms with Crippen molar-refractivity contribution < 1.29 is 29.0 Å². The number of nitrogens with zero attached hydrogens (tertiary/aromatic N) is 23. The Hall–Kier alpha value is -15.8. The molecule has 0 radical (unpaired) electrons. The molecule has 0 bridgehead atoms. The minimum Gasteiger partial charge on any atom is -0.462 e. The molecule has 1 saturated carbocycles. The van der Waals surface area contributed by atoms with Gasteiger partial charge in [0.25, 0.3) is 45.6 Å². The van der Waals surface area contributed by atoms with Gasteiger partial charge in [0.05, 0.1) is 41.0 Å². The predicted molar refractivity (Wildman–Crippen MR) is 525 cm³/mol. The second-order valence-corrected chi connectivity index (χ2v) is 34.6. The average molecular weight is 1860 g/mol. The van der Waals surface area contributed by atoms with E-state index in [4.69, 9.17) is 14.5 Å². The number of likely N-dealkylation sites (N-methyl/N-ethyl adjacent to an activating group) is 2. The molecule has 2 aliphatic carbocycles. The number of carbonyl (C=O) groups excluding carboxylic acids is 3. The van der Waals surface area contributed by atoms with E-state index >= 15 is 0 Å². The molecule has 18 aromatic rings. The van der Waals surface area contributed by atoms with E-state index in [1.165, 1.54) is 83.2 Å². The van der Waals surface area contributed by atoms with Crippen LogP contribution in [0.25, 0.3) is 84.5 Å². The molecule has 1 amide bonds. The largest absolute Gasteiger partial charge is 0.462 e. The van der Waals surface area contributed by atoms with Gasteiger partial charge in [0.15, 0.2) is 17.9 Å². The number of nitrogens with one attached hydrogen (secondary N) is 5. The average Bonchev–Trinajstić information content (AvgIpc) is 1.62. The van der Waals surface area contributed by atoms with E-state index in [0.717, 1.165) is 120 Å². The van der Waals surface area contributed by atoms with E-state index in [1.807, 2.05) is 107 Å². The van der Waals surface area contributed by atoms with Crippen LogP contribution in [0.3, 0.4) is 0 Å². The van der Waals surface area contributed by atoms with Crippen LogP contribution in [0.2, 0.25) is 0 Å². The van der Waals surface area contributed by atoms with Crippen LogP contribution in [0.1, 0.15) is 163 Å². The monoisotopic (exact) mass is 1860 g/mol. The SMILES string of the molecule is CCC(C)(CC(C)n1c2ccccc2c2ccccc21)C(=O)OCCOC(=O)Cc1cc(=O)n2[nH]cnc2n1.CCC(C)c1ccccc1.CCN(C)CCNc1cc(C)nc2ncnn12.CCNC(=O)Cc1cc(=O)n2[nH]cnc2n1.Cc1cc(-c2ccccc2)nc2nc(-c3ccc(-c4ccccc4)cc3)nn12.O=c1c2c(nc3nc(CCc4nc5n(n4)C(O)C4CCCC4=N5)[nH]n13)CCC2. The van der Waals surface area contributed by atoms with Gasteiger partial charge in [-0.3, -0.25) is 44.1 Å². The third-order valence-corrected chi connectivity index (χ3v) is 24.9. The third-order valence-electron chi connectivity index (χ3n) is 24.9. The number of amides is 1. The molecule has 12 aromatic heterocycles. The number of H-pyrrole nitrogens is 3. The van der Waals surface area contributed by atoms with Crippen molar-refractivity contribution in [2.24, 2.45) is 16.3 Å². The lowest BCUT2D eigenvalue weighted by Crippen LogP contribution is -2.32. The minimum atomic E-state index is -0.721. The summed E-state index contributed by atoms with van der Waals surface area (Å²) in [4.78, 5) is 127. The van der Waals surface area contributed by atoms with E-state index in [0.29, 0.717) is 84.6 Å².